The number of aromatic nitrogens is 2. The molecular formula is C26H22ClN3O5. The van der Waals surface area contributed by atoms with Crippen LogP contribution in [0, 0.1) is 0 Å². The summed E-state index contributed by atoms with van der Waals surface area (Å²) >= 11 is 6.22. The Morgan fingerprint density at radius 1 is 1.26 bits per heavy atom. The van der Waals surface area contributed by atoms with Gasteiger partial charge in [0.15, 0.2) is 17.1 Å². The molecule has 2 aromatic carbocycles. The van der Waals surface area contributed by atoms with Crippen molar-refractivity contribution in [2.24, 2.45) is 0 Å². The number of imidazole rings is 1. The number of carbonyl (C=O) groups is 2. The number of hydrogen-bond acceptors (Lipinski definition) is 5. The van der Waals surface area contributed by atoms with E-state index in [1.165, 1.54) is 12.0 Å². The second-order valence-electron chi connectivity index (χ2n) is 8.22. The summed E-state index contributed by atoms with van der Waals surface area (Å²) < 4.78 is 13.1. The highest BCUT2D eigenvalue weighted by Gasteiger charge is 2.40. The number of ketones is 1. The molecule has 2 aromatic heterocycles. The first-order chi connectivity index (χ1) is 17.0. The van der Waals surface area contributed by atoms with Crippen molar-refractivity contribution in [1.29, 1.82) is 0 Å². The average molecular weight is 492 g/mol. The molecule has 5 rings (SSSR count). The van der Waals surface area contributed by atoms with Crippen molar-refractivity contribution < 1.29 is 28.4 Å². The number of methoxy groups -OCH3 is 1. The van der Waals surface area contributed by atoms with Crippen LogP contribution in [0.4, 0.5) is 0 Å². The van der Waals surface area contributed by atoms with Crippen molar-refractivity contribution in [2.45, 2.75) is 19.0 Å². The Balaban J connectivity index is 1.52. The fourth-order valence-corrected chi connectivity index (χ4v) is 4.65. The number of aryl methyl sites for hydroxylation is 1. The van der Waals surface area contributed by atoms with E-state index in [4.69, 9.17) is 20.8 Å². The maximum atomic E-state index is 13.6. The molecule has 1 aliphatic rings. The highest BCUT2D eigenvalue weighted by molar-refractivity contribution is 6.30. The number of para-hydroxylation sites is 1. The lowest BCUT2D eigenvalue weighted by Gasteiger charge is -2.27. The van der Waals surface area contributed by atoms with Crippen LogP contribution in [0.5, 0.6) is 5.75 Å². The molecule has 0 aliphatic carbocycles. The van der Waals surface area contributed by atoms with Crippen LogP contribution in [-0.2, 0) is 11.3 Å². The molecule has 35 heavy (non-hydrogen) atoms. The Kier molecular flexibility index (Phi) is 6.05. The number of aromatic amines is 1. The zero-order valence-electron chi connectivity index (χ0n) is 18.9. The number of fused-ring (bicyclic) bond motifs is 1. The predicted molar refractivity (Wildman–Crippen MR) is 126 cm³/mol. The summed E-state index contributed by atoms with van der Waals surface area (Å²) in [6, 6.07) is 12.8. The van der Waals surface area contributed by atoms with Crippen molar-refractivity contribution in [3.63, 3.8) is 0 Å². The van der Waals surface area contributed by atoms with Crippen LogP contribution >= 0.6 is 11.6 Å². The largest absolute Gasteiger partial charge is 0.868 e. The van der Waals surface area contributed by atoms with E-state index >= 15 is 0 Å². The van der Waals surface area contributed by atoms with Gasteiger partial charge < -0.3 is 19.2 Å². The van der Waals surface area contributed by atoms with Gasteiger partial charge >= 0.3 is 0 Å². The van der Waals surface area contributed by atoms with E-state index in [-0.39, 0.29) is 17.9 Å². The minimum Gasteiger partial charge on any atom is -0.868 e. The minimum atomic E-state index is -0.868. The van der Waals surface area contributed by atoms with Gasteiger partial charge in [0.2, 0.25) is 18.0 Å². The van der Waals surface area contributed by atoms with Gasteiger partial charge in [0, 0.05) is 28.9 Å². The summed E-state index contributed by atoms with van der Waals surface area (Å²) in [6.07, 6.45) is 6.07. The van der Waals surface area contributed by atoms with Crippen LogP contribution in [0.15, 0.2) is 83.0 Å². The molecule has 0 radical (unpaired) electrons. The Morgan fingerprint density at radius 3 is 2.83 bits per heavy atom. The highest BCUT2D eigenvalue weighted by atomic mass is 35.5. The van der Waals surface area contributed by atoms with Crippen LogP contribution in [0.3, 0.4) is 0 Å². The van der Waals surface area contributed by atoms with Crippen molar-refractivity contribution in [3.05, 3.63) is 94.9 Å². The second kappa shape index (κ2) is 9.31. The van der Waals surface area contributed by atoms with Crippen LogP contribution in [-0.4, -0.2) is 35.2 Å². The van der Waals surface area contributed by atoms with Gasteiger partial charge in [-0.15, -0.1) is 0 Å². The van der Waals surface area contributed by atoms with Gasteiger partial charge in [0.25, 0.3) is 0 Å². The zero-order valence-corrected chi connectivity index (χ0v) is 19.6. The Hall–Kier alpha value is -4.04. The molecule has 3 heterocycles. The zero-order chi connectivity index (χ0) is 24.5. The smallest absolute Gasteiger partial charge is 0.241 e. The van der Waals surface area contributed by atoms with Gasteiger partial charge in [-0.3, -0.25) is 14.6 Å². The molecule has 8 nitrogen and oxygen atoms in total. The third-order valence-electron chi connectivity index (χ3n) is 6.06. The number of nitrogens with zero attached hydrogens (tertiary/aromatic N) is 2. The SMILES string of the molecule is COc1cccc2cc(C(=O)C3=C([O-])C(=O)N(CCC[n+]4cc[nH]c4)C3c3cccc(Cl)c3)oc12. The molecule has 4 aromatic rings. The summed E-state index contributed by atoms with van der Waals surface area (Å²) in [5, 5.41) is 14.3. The maximum Gasteiger partial charge on any atom is 0.241 e. The van der Waals surface area contributed by atoms with E-state index in [2.05, 4.69) is 4.98 Å². The number of Topliss-reactive ketones (excluding diaryl/α,β-unsaturated/α-hetero) is 1. The number of hydrogen-bond donors (Lipinski definition) is 1. The van der Waals surface area contributed by atoms with Gasteiger partial charge in [0.05, 0.1) is 19.7 Å². The summed E-state index contributed by atoms with van der Waals surface area (Å²) in [5.41, 5.74) is 0.836. The molecule has 9 heteroatoms. The summed E-state index contributed by atoms with van der Waals surface area (Å²) in [6.45, 7) is 0.918. The van der Waals surface area contributed by atoms with Gasteiger partial charge in [-0.25, -0.2) is 4.57 Å². The van der Waals surface area contributed by atoms with Gasteiger partial charge in [-0.1, -0.05) is 35.9 Å². The Labute approximate surface area is 206 Å². The molecule has 1 amide bonds. The lowest BCUT2D eigenvalue weighted by Crippen LogP contribution is -2.37. The average Bonchev–Trinajstić information content (AvgIpc) is 3.58. The van der Waals surface area contributed by atoms with Gasteiger partial charge in [0.1, 0.15) is 12.4 Å². The summed E-state index contributed by atoms with van der Waals surface area (Å²) in [5.74, 6) is -1.74. The quantitative estimate of drug-likeness (QED) is 0.301. The normalized spacial score (nSPS) is 15.9. The van der Waals surface area contributed by atoms with Crippen LogP contribution < -0.4 is 14.4 Å². The first-order valence-electron chi connectivity index (χ1n) is 11.1. The number of amides is 1. The molecule has 0 saturated heterocycles. The van der Waals surface area contributed by atoms with E-state index in [0.717, 1.165) is 0 Å². The predicted octanol–water partition coefficient (Wildman–Crippen LogP) is 3.18. The lowest BCUT2D eigenvalue weighted by atomic mass is 9.95. The van der Waals surface area contributed by atoms with Crippen LogP contribution in [0.25, 0.3) is 11.0 Å². The van der Waals surface area contributed by atoms with E-state index in [0.29, 0.717) is 40.3 Å². The molecule has 0 saturated carbocycles. The number of carbonyl (C=O) groups excluding carboxylic acids is 2. The van der Waals surface area contributed by atoms with Crippen molar-refractivity contribution in [3.8, 4) is 5.75 Å². The van der Waals surface area contributed by atoms with Gasteiger partial charge in [-0.2, -0.15) is 0 Å². The fraction of sp³-hybridized carbons (Fsp3) is 0.192. The molecule has 1 unspecified atom stereocenters. The number of H-pyrrole nitrogens is 1. The fourth-order valence-electron chi connectivity index (χ4n) is 4.45. The standard InChI is InChI=1S/C26H22ClN3O5/c1-34-19-8-3-6-17-14-20(35-25(17)19)23(31)21-22(16-5-2-7-18(27)13-16)30(26(33)24(21)32)11-4-10-29-12-9-28-15-29/h2-3,5-9,12-15,22H,4,10-11H2,1H3,(H,31,32). The maximum absolute atomic E-state index is 13.6. The van der Waals surface area contributed by atoms with E-state index in [9.17, 15) is 14.7 Å². The number of nitrogens with one attached hydrogen (secondary N) is 1. The molecule has 1 aliphatic heterocycles. The van der Waals surface area contributed by atoms with Crippen molar-refractivity contribution in [2.75, 3.05) is 13.7 Å². The molecule has 1 atom stereocenters. The number of rotatable bonds is 8. The molecule has 0 fully saturated rings. The van der Waals surface area contributed by atoms with Crippen LogP contribution in [0.2, 0.25) is 5.02 Å². The van der Waals surface area contributed by atoms with E-state index in [1.807, 2.05) is 17.1 Å². The number of furan rings is 1. The molecule has 1 N–H and O–H groups in total. The minimum absolute atomic E-state index is 0.0302. The van der Waals surface area contributed by atoms with Crippen molar-refractivity contribution >= 4 is 34.3 Å². The molecule has 178 valence electrons. The molecule has 0 spiro atoms. The molecular weight excluding hydrogens is 470 g/mol. The first kappa shape index (κ1) is 22.7. The van der Waals surface area contributed by atoms with E-state index < -0.39 is 23.5 Å². The van der Waals surface area contributed by atoms with Gasteiger partial charge in [-0.05, 0) is 35.6 Å². The topological polar surface area (TPSA) is 102 Å². The third kappa shape index (κ3) is 4.17. The van der Waals surface area contributed by atoms with Crippen molar-refractivity contribution in [1.82, 2.24) is 9.88 Å². The highest BCUT2D eigenvalue weighted by Crippen LogP contribution is 2.40. The second-order valence-corrected chi connectivity index (χ2v) is 8.66. The monoisotopic (exact) mass is 491 g/mol. The van der Waals surface area contributed by atoms with E-state index in [1.54, 1.807) is 54.7 Å². The summed E-state index contributed by atoms with van der Waals surface area (Å²) in [4.78, 5) is 31.1. The number of halogens is 1. The lowest BCUT2D eigenvalue weighted by molar-refractivity contribution is -0.695. The number of benzene rings is 2. The Bertz CT molecular complexity index is 1440. The van der Waals surface area contributed by atoms with Crippen LogP contribution in [0.1, 0.15) is 28.6 Å². The Morgan fingerprint density at radius 2 is 2.09 bits per heavy atom. The molecule has 0 bridgehead atoms. The first-order valence-corrected chi connectivity index (χ1v) is 11.5. The summed E-state index contributed by atoms with van der Waals surface area (Å²) in [7, 11) is 1.51. The number of ether oxygens (including phenoxy) is 1. The third-order valence-corrected chi connectivity index (χ3v) is 6.30.